The van der Waals surface area contributed by atoms with E-state index < -0.39 is 0 Å². The zero-order valence-corrected chi connectivity index (χ0v) is 26.6. The number of benzene rings is 7. The van der Waals surface area contributed by atoms with Crippen LogP contribution in [0, 0.1) is 0 Å². The van der Waals surface area contributed by atoms with E-state index in [1.165, 1.54) is 66.6 Å². The van der Waals surface area contributed by atoms with Crippen LogP contribution in [0.25, 0.3) is 49.7 Å². The first-order chi connectivity index (χ1) is 23.1. The first-order valence-electron chi connectivity index (χ1n) is 16.4. The molecule has 2 heterocycles. The highest BCUT2D eigenvalue weighted by Gasteiger charge is 2.39. The summed E-state index contributed by atoms with van der Waals surface area (Å²) in [7, 11) is 0. The van der Waals surface area contributed by atoms with Gasteiger partial charge in [-0.05, 0) is 75.8 Å². The van der Waals surface area contributed by atoms with Gasteiger partial charge in [-0.1, -0.05) is 141 Å². The van der Waals surface area contributed by atoms with Crippen LogP contribution in [0.1, 0.15) is 25.0 Å². The minimum absolute atomic E-state index is 0.201. The van der Waals surface area contributed by atoms with Gasteiger partial charge in [0.1, 0.15) is 0 Å². The fourth-order valence-electron chi connectivity index (χ4n) is 7.68. The predicted octanol–water partition coefficient (Wildman–Crippen LogP) is 12.2. The molecule has 0 unspecified atom stereocenters. The van der Waals surface area contributed by atoms with E-state index in [4.69, 9.17) is 0 Å². The molecule has 2 heteroatoms. The molecule has 0 amide bonds. The van der Waals surface area contributed by atoms with Crippen molar-refractivity contribution >= 4 is 38.9 Å². The average Bonchev–Trinajstić information content (AvgIpc) is 3.48. The third-order valence-corrected chi connectivity index (χ3v) is 9.93. The van der Waals surface area contributed by atoms with Crippen molar-refractivity contribution in [1.82, 2.24) is 4.57 Å². The zero-order valence-electron chi connectivity index (χ0n) is 26.6. The molecule has 0 saturated heterocycles. The molecular formula is C45H34N2. The van der Waals surface area contributed by atoms with Crippen molar-refractivity contribution < 1.29 is 0 Å². The van der Waals surface area contributed by atoms with Gasteiger partial charge in [-0.2, -0.15) is 0 Å². The van der Waals surface area contributed by atoms with Crippen molar-refractivity contribution in [2.24, 2.45) is 0 Å². The minimum Gasteiger partial charge on any atom is -0.308 e. The predicted molar refractivity (Wildman–Crippen MR) is 198 cm³/mol. The van der Waals surface area contributed by atoms with E-state index in [9.17, 15) is 0 Å². The summed E-state index contributed by atoms with van der Waals surface area (Å²) in [5.74, 6) is 0. The molecule has 0 N–H and O–H groups in total. The van der Waals surface area contributed by atoms with Crippen LogP contribution in [0.4, 0.5) is 17.1 Å². The molecule has 224 valence electrons. The van der Waals surface area contributed by atoms with Gasteiger partial charge in [-0.3, -0.25) is 0 Å². The Hall–Kier alpha value is -5.86. The van der Waals surface area contributed by atoms with Crippen molar-refractivity contribution in [2.75, 3.05) is 4.90 Å². The summed E-state index contributed by atoms with van der Waals surface area (Å²) in [6.45, 7) is 4.74. The highest BCUT2D eigenvalue weighted by molar-refractivity contribution is 6.16. The summed E-state index contributed by atoms with van der Waals surface area (Å²) in [6.07, 6.45) is 0. The first kappa shape index (κ1) is 27.5. The maximum atomic E-state index is 2.52. The Labute approximate surface area is 275 Å². The van der Waals surface area contributed by atoms with Gasteiger partial charge in [0.15, 0.2) is 0 Å². The first-order valence-corrected chi connectivity index (χ1v) is 16.4. The summed E-state index contributed by atoms with van der Waals surface area (Å²) in [4.78, 5) is 2.49. The Kier molecular flexibility index (Phi) is 6.20. The monoisotopic (exact) mass is 602 g/mol. The van der Waals surface area contributed by atoms with E-state index in [0.29, 0.717) is 0 Å². The molecule has 8 aromatic rings. The lowest BCUT2D eigenvalue weighted by Gasteiger charge is -2.42. The molecule has 1 aliphatic heterocycles. The van der Waals surface area contributed by atoms with Crippen LogP contribution < -0.4 is 4.90 Å². The number of para-hydroxylation sites is 3. The molecule has 1 aliphatic rings. The van der Waals surface area contributed by atoms with Crippen LogP contribution in [0.2, 0.25) is 0 Å². The molecule has 0 atom stereocenters. The number of anilines is 3. The molecule has 0 radical (unpaired) electrons. The molecule has 0 aliphatic carbocycles. The summed E-state index contributed by atoms with van der Waals surface area (Å²) in [5, 5.41) is 2.50. The van der Waals surface area contributed by atoms with Gasteiger partial charge in [0.2, 0.25) is 0 Å². The van der Waals surface area contributed by atoms with Gasteiger partial charge >= 0.3 is 0 Å². The molecule has 7 aromatic carbocycles. The second kappa shape index (κ2) is 10.6. The van der Waals surface area contributed by atoms with Gasteiger partial charge < -0.3 is 9.47 Å². The van der Waals surface area contributed by atoms with Gasteiger partial charge in [0.05, 0.1) is 22.4 Å². The van der Waals surface area contributed by atoms with Gasteiger partial charge in [-0.15, -0.1) is 0 Å². The van der Waals surface area contributed by atoms with Crippen molar-refractivity contribution in [3.05, 3.63) is 181 Å². The van der Waals surface area contributed by atoms with Crippen LogP contribution in [0.15, 0.2) is 170 Å². The number of rotatable bonds is 4. The lowest BCUT2D eigenvalue weighted by Crippen LogP contribution is -2.31. The molecule has 0 bridgehead atoms. The Bertz CT molecular complexity index is 2360. The second-order valence-corrected chi connectivity index (χ2v) is 13.0. The Morgan fingerprint density at radius 3 is 1.68 bits per heavy atom. The zero-order chi connectivity index (χ0) is 31.5. The molecule has 2 nitrogen and oxygen atoms in total. The highest BCUT2D eigenvalue weighted by atomic mass is 15.2. The second-order valence-electron chi connectivity index (χ2n) is 13.0. The van der Waals surface area contributed by atoms with Crippen LogP contribution in [-0.2, 0) is 5.41 Å². The minimum atomic E-state index is -0.201. The molecule has 1 aromatic heterocycles. The topological polar surface area (TPSA) is 8.17 Å². The van der Waals surface area contributed by atoms with E-state index in [1.54, 1.807) is 0 Å². The van der Waals surface area contributed by atoms with E-state index in [-0.39, 0.29) is 5.41 Å². The number of aromatic nitrogens is 1. The standard InChI is InChI=1S/C45H34N2/c1-45(2)39-23-13-15-25-42(39)46(35-20-10-5-11-21-35)44-40(45)27-26-38-37-22-12-14-24-41(37)47(43(38)44)36-29-33(31-16-6-3-7-17-31)28-34(30-36)32-18-8-4-9-19-32/h3-30H,1-2H3. The smallest absolute Gasteiger partial charge is 0.0785 e. The van der Waals surface area contributed by atoms with Gasteiger partial charge in [-0.25, -0.2) is 0 Å². The van der Waals surface area contributed by atoms with E-state index >= 15 is 0 Å². The fourth-order valence-corrected chi connectivity index (χ4v) is 7.68. The number of hydrogen-bond donors (Lipinski definition) is 0. The maximum Gasteiger partial charge on any atom is 0.0785 e. The van der Waals surface area contributed by atoms with Crippen LogP contribution >= 0.6 is 0 Å². The third kappa shape index (κ3) is 4.26. The molecule has 0 spiro atoms. The summed E-state index contributed by atoms with van der Waals surface area (Å²) >= 11 is 0. The number of hydrogen-bond acceptors (Lipinski definition) is 1. The molecule has 0 fully saturated rings. The normalized spacial score (nSPS) is 13.4. The Balaban J connectivity index is 1.44. The van der Waals surface area contributed by atoms with E-state index in [2.05, 4.69) is 193 Å². The summed E-state index contributed by atoms with van der Waals surface area (Å²) in [5.41, 5.74) is 14.4. The molecule has 0 saturated carbocycles. The summed E-state index contributed by atoms with van der Waals surface area (Å²) in [6, 6.07) is 61.9. The lowest BCUT2D eigenvalue weighted by molar-refractivity contribution is 0.633. The quantitative estimate of drug-likeness (QED) is 0.195. The van der Waals surface area contributed by atoms with Crippen molar-refractivity contribution in [3.8, 4) is 27.9 Å². The number of fused-ring (bicyclic) bond motifs is 6. The number of nitrogens with zero attached hydrogens (tertiary/aromatic N) is 2. The van der Waals surface area contributed by atoms with Crippen molar-refractivity contribution in [2.45, 2.75) is 19.3 Å². The molecular weight excluding hydrogens is 569 g/mol. The average molecular weight is 603 g/mol. The van der Waals surface area contributed by atoms with E-state index in [0.717, 1.165) is 11.4 Å². The third-order valence-electron chi connectivity index (χ3n) is 9.93. The highest BCUT2D eigenvalue weighted by Crippen LogP contribution is 2.55. The SMILES string of the molecule is CC1(C)c2ccccc2N(c2ccccc2)c2c1ccc1c3ccccc3n(-c3cc(-c4ccccc4)cc(-c4ccccc4)c3)c21. The summed E-state index contributed by atoms with van der Waals surface area (Å²) < 4.78 is 2.52. The molecule has 9 rings (SSSR count). The van der Waals surface area contributed by atoms with Gasteiger partial charge in [0.25, 0.3) is 0 Å². The van der Waals surface area contributed by atoms with E-state index in [1.807, 2.05) is 0 Å². The van der Waals surface area contributed by atoms with Crippen molar-refractivity contribution in [3.63, 3.8) is 0 Å². The fraction of sp³-hybridized carbons (Fsp3) is 0.0667. The van der Waals surface area contributed by atoms with Crippen LogP contribution in [0.3, 0.4) is 0 Å². The Morgan fingerprint density at radius 2 is 1.00 bits per heavy atom. The van der Waals surface area contributed by atoms with Crippen LogP contribution in [0.5, 0.6) is 0 Å². The largest absolute Gasteiger partial charge is 0.308 e. The Morgan fingerprint density at radius 1 is 0.426 bits per heavy atom. The van der Waals surface area contributed by atoms with Crippen LogP contribution in [-0.4, -0.2) is 4.57 Å². The van der Waals surface area contributed by atoms with Gasteiger partial charge in [0, 0.05) is 27.6 Å². The lowest BCUT2D eigenvalue weighted by atomic mass is 9.73. The maximum absolute atomic E-state index is 2.52. The molecule has 47 heavy (non-hydrogen) atoms. The van der Waals surface area contributed by atoms with Crippen molar-refractivity contribution in [1.29, 1.82) is 0 Å².